The zero-order valence-electron chi connectivity index (χ0n) is 13.1. The first kappa shape index (κ1) is 18.7. The molecule has 0 aliphatic heterocycles. The second-order valence-electron chi connectivity index (χ2n) is 5.53. The van der Waals surface area contributed by atoms with Gasteiger partial charge in [0.1, 0.15) is 0 Å². The molecule has 0 amide bonds. The van der Waals surface area contributed by atoms with Gasteiger partial charge in [0.15, 0.2) is 0 Å². The van der Waals surface area contributed by atoms with Gasteiger partial charge in [0.2, 0.25) is 0 Å². The van der Waals surface area contributed by atoms with Crippen LogP contribution in [0.3, 0.4) is 0 Å². The van der Waals surface area contributed by atoms with Crippen LogP contribution in [0.15, 0.2) is 28.7 Å². The van der Waals surface area contributed by atoms with Crippen molar-refractivity contribution < 1.29 is 19.1 Å². The monoisotopic (exact) mass is 370 g/mol. The average Bonchev–Trinajstić information content (AvgIpc) is 2.47. The Hall–Kier alpha value is -1.36. The van der Waals surface area contributed by atoms with Crippen LogP contribution in [0.4, 0.5) is 0 Å². The topological polar surface area (TPSA) is 52.6 Å². The molecule has 4 nitrogen and oxygen atoms in total. The molecule has 1 aromatic rings. The lowest BCUT2D eigenvalue weighted by atomic mass is 10.2. The Balaban J connectivity index is 2.08. The molecule has 0 fully saturated rings. The number of halogens is 1. The van der Waals surface area contributed by atoms with Gasteiger partial charge in [0, 0.05) is 23.7 Å². The third kappa shape index (κ3) is 8.82. The lowest BCUT2D eigenvalue weighted by Gasteiger charge is -2.07. The van der Waals surface area contributed by atoms with Crippen molar-refractivity contribution in [1.82, 2.24) is 0 Å². The maximum Gasteiger partial charge on any atom is 0.305 e. The van der Waals surface area contributed by atoms with Crippen LogP contribution < -0.4 is 0 Å². The minimum atomic E-state index is -0.270. The molecule has 1 aromatic carbocycles. The van der Waals surface area contributed by atoms with E-state index in [-0.39, 0.29) is 24.8 Å². The quantitative estimate of drug-likeness (QED) is 0.618. The van der Waals surface area contributed by atoms with E-state index in [0.29, 0.717) is 32.0 Å². The van der Waals surface area contributed by atoms with Gasteiger partial charge < -0.3 is 9.47 Å². The highest BCUT2D eigenvalue weighted by molar-refractivity contribution is 9.10. The molecule has 0 radical (unpaired) electrons. The van der Waals surface area contributed by atoms with Gasteiger partial charge in [-0.25, -0.2) is 0 Å². The summed E-state index contributed by atoms with van der Waals surface area (Å²) >= 11 is 3.37. The summed E-state index contributed by atoms with van der Waals surface area (Å²) < 4.78 is 11.2. The fourth-order valence-electron chi connectivity index (χ4n) is 1.71. The second kappa shape index (κ2) is 10.4. The van der Waals surface area contributed by atoms with E-state index in [1.165, 1.54) is 0 Å². The van der Waals surface area contributed by atoms with Gasteiger partial charge >= 0.3 is 11.9 Å². The molecule has 0 heterocycles. The minimum absolute atomic E-state index is 0.247. The van der Waals surface area contributed by atoms with Gasteiger partial charge in [-0.15, -0.1) is 0 Å². The molecule has 0 N–H and O–H groups in total. The molecule has 0 spiro atoms. The maximum atomic E-state index is 11.6. The zero-order valence-corrected chi connectivity index (χ0v) is 14.7. The highest BCUT2D eigenvalue weighted by Crippen LogP contribution is 2.11. The van der Waals surface area contributed by atoms with E-state index in [9.17, 15) is 9.59 Å². The van der Waals surface area contributed by atoms with Gasteiger partial charge in [0.25, 0.3) is 0 Å². The maximum absolute atomic E-state index is 11.6. The van der Waals surface area contributed by atoms with Crippen LogP contribution in [0, 0.1) is 5.92 Å². The Morgan fingerprint density at radius 1 is 1.05 bits per heavy atom. The molecule has 0 atom stereocenters. The summed E-state index contributed by atoms with van der Waals surface area (Å²) in [5, 5.41) is 0. The minimum Gasteiger partial charge on any atom is -0.465 e. The predicted molar refractivity (Wildman–Crippen MR) is 88.5 cm³/mol. The predicted octanol–water partition coefficient (Wildman–Crippen LogP) is 3.90. The number of rotatable bonds is 9. The van der Waals surface area contributed by atoms with Crippen molar-refractivity contribution in [3.05, 3.63) is 34.3 Å². The molecule has 5 heteroatoms. The Labute approximate surface area is 140 Å². The lowest BCUT2D eigenvalue weighted by molar-refractivity contribution is -0.146. The molecule has 0 aliphatic rings. The molecule has 122 valence electrons. The Morgan fingerprint density at radius 3 is 2.23 bits per heavy atom. The molecule has 1 rings (SSSR count). The van der Waals surface area contributed by atoms with Crippen molar-refractivity contribution in [3.8, 4) is 0 Å². The van der Waals surface area contributed by atoms with Crippen molar-refractivity contribution in [1.29, 1.82) is 0 Å². The van der Waals surface area contributed by atoms with Crippen LogP contribution in [0.25, 0.3) is 0 Å². The van der Waals surface area contributed by atoms with Gasteiger partial charge in [-0.3, -0.25) is 9.59 Å². The zero-order chi connectivity index (χ0) is 16.4. The van der Waals surface area contributed by atoms with Crippen LogP contribution in [0.5, 0.6) is 0 Å². The van der Waals surface area contributed by atoms with Crippen molar-refractivity contribution >= 4 is 27.9 Å². The number of hydrogen-bond donors (Lipinski definition) is 0. The van der Waals surface area contributed by atoms with Crippen LogP contribution in [-0.4, -0.2) is 25.2 Å². The number of carbonyl (C=O) groups is 2. The smallest absolute Gasteiger partial charge is 0.305 e. The second-order valence-corrected chi connectivity index (χ2v) is 6.44. The van der Waals surface area contributed by atoms with Gasteiger partial charge in [0.05, 0.1) is 13.2 Å². The summed E-state index contributed by atoms with van der Waals surface area (Å²) in [5.74, 6) is -0.197. The third-order valence-corrected chi connectivity index (χ3v) is 3.44. The lowest BCUT2D eigenvalue weighted by Crippen LogP contribution is -2.11. The molecule has 0 bridgehead atoms. The summed E-state index contributed by atoms with van der Waals surface area (Å²) in [4.78, 5) is 22.9. The molecule has 22 heavy (non-hydrogen) atoms. The number of ether oxygens (including phenoxy) is 2. The first-order valence-corrected chi connectivity index (χ1v) is 8.32. The molecule has 0 aromatic heterocycles. The van der Waals surface area contributed by atoms with Gasteiger partial charge in [-0.2, -0.15) is 0 Å². The van der Waals surface area contributed by atoms with Crippen LogP contribution in [-0.2, 0) is 25.5 Å². The van der Waals surface area contributed by atoms with E-state index < -0.39 is 0 Å². The van der Waals surface area contributed by atoms with E-state index in [4.69, 9.17) is 9.47 Å². The Morgan fingerprint density at radius 2 is 1.64 bits per heavy atom. The highest BCUT2D eigenvalue weighted by atomic mass is 79.9. The van der Waals surface area contributed by atoms with Crippen molar-refractivity contribution in [2.24, 2.45) is 5.92 Å². The number of esters is 2. The summed E-state index contributed by atoms with van der Waals surface area (Å²) in [6.07, 6.45) is 1.66. The number of carbonyl (C=O) groups excluding carboxylic acids is 2. The summed E-state index contributed by atoms with van der Waals surface area (Å²) in [6.45, 7) is 4.75. The fraction of sp³-hybridized carbons (Fsp3) is 0.529. The molecule has 0 saturated carbocycles. The SMILES string of the molecule is CC(C)COC(=O)CCCC(=O)OCCc1ccc(Br)cc1. The van der Waals surface area contributed by atoms with Gasteiger partial charge in [-0.1, -0.05) is 41.9 Å². The number of benzene rings is 1. The molecule has 0 aliphatic carbocycles. The average molecular weight is 371 g/mol. The fourth-order valence-corrected chi connectivity index (χ4v) is 1.98. The third-order valence-electron chi connectivity index (χ3n) is 2.91. The molecular weight excluding hydrogens is 348 g/mol. The van der Waals surface area contributed by atoms with E-state index >= 15 is 0 Å². The van der Waals surface area contributed by atoms with Gasteiger partial charge in [-0.05, 0) is 30.0 Å². The van der Waals surface area contributed by atoms with Crippen molar-refractivity contribution in [2.45, 2.75) is 39.5 Å². The number of hydrogen-bond acceptors (Lipinski definition) is 4. The van der Waals surface area contributed by atoms with E-state index in [1.807, 2.05) is 38.1 Å². The molecule has 0 unspecified atom stereocenters. The Bertz CT molecular complexity index is 468. The summed E-state index contributed by atoms with van der Waals surface area (Å²) in [7, 11) is 0. The van der Waals surface area contributed by atoms with Crippen LogP contribution in [0.2, 0.25) is 0 Å². The van der Waals surface area contributed by atoms with Crippen LogP contribution >= 0.6 is 15.9 Å². The Kier molecular flexibility index (Phi) is 8.82. The van der Waals surface area contributed by atoms with E-state index in [0.717, 1.165) is 10.0 Å². The van der Waals surface area contributed by atoms with E-state index in [2.05, 4.69) is 15.9 Å². The highest BCUT2D eigenvalue weighted by Gasteiger charge is 2.08. The van der Waals surface area contributed by atoms with Crippen molar-refractivity contribution in [2.75, 3.05) is 13.2 Å². The van der Waals surface area contributed by atoms with Crippen LogP contribution in [0.1, 0.15) is 38.7 Å². The van der Waals surface area contributed by atoms with E-state index in [1.54, 1.807) is 0 Å². The van der Waals surface area contributed by atoms with Crippen molar-refractivity contribution in [3.63, 3.8) is 0 Å². The largest absolute Gasteiger partial charge is 0.465 e. The first-order chi connectivity index (χ1) is 10.5. The molecule has 0 saturated heterocycles. The summed E-state index contributed by atoms with van der Waals surface area (Å²) in [6, 6.07) is 7.89. The first-order valence-electron chi connectivity index (χ1n) is 7.53. The molecular formula is C17H23BrO4. The normalized spacial score (nSPS) is 10.5. The summed E-state index contributed by atoms with van der Waals surface area (Å²) in [5.41, 5.74) is 1.12. The standard InChI is InChI=1S/C17H23BrO4/c1-13(2)12-22-17(20)5-3-4-16(19)21-11-10-14-6-8-15(18)9-7-14/h6-9,13H,3-5,10-12H2,1-2H3.